The van der Waals surface area contributed by atoms with E-state index in [0.29, 0.717) is 45.1 Å². The van der Waals surface area contributed by atoms with Crippen LogP contribution in [0.15, 0.2) is 35.5 Å². The first kappa shape index (κ1) is 50.6. The number of carboxylic acid groups (broad SMARTS) is 1. The average molecular weight is 845 g/mol. The van der Waals surface area contributed by atoms with Crippen molar-refractivity contribution < 1.29 is 28.7 Å². The molecule has 4 N–H and O–H groups in total. The van der Waals surface area contributed by atoms with E-state index in [2.05, 4.69) is 109 Å². The summed E-state index contributed by atoms with van der Waals surface area (Å²) >= 11 is 0. The number of carbonyl (C=O) groups excluding carboxylic acids is 1. The van der Waals surface area contributed by atoms with E-state index in [0.717, 1.165) is 76.5 Å². The minimum Gasteiger partial charge on any atom is -0.481 e. The van der Waals surface area contributed by atoms with Crippen LogP contribution in [-0.4, -0.2) is 75.1 Å². The van der Waals surface area contributed by atoms with Crippen molar-refractivity contribution >= 4 is 28.6 Å². The number of carbonyl (C=O) groups is 2. The molecule has 1 saturated heterocycles. The van der Waals surface area contributed by atoms with Crippen molar-refractivity contribution in [1.82, 2.24) is 4.90 Å². The Balaban J connectivity index is 0.000000878. The van der Waals surface area contributed by atoms with E-state index in [4.69, 9.17) is 21.2 Å². The number of allylic oxidation sites excluding steroid dienone is 3. The Bertz CT molecular complexity index is 1390. The van der Waals surface area contributed by atoms with Crippen molar-refractivity contribution in [1.29, 1.82) is 0 Å². The van der Waals surface area contributed by atoms with Gasteiger partial charge in [0.2, 0.25) is 16.6 Å². The number of hydrogen-bond acceptors (Lipinski definition) is 5. The minimum atomic E-state index is -2.17. The molecule has 1 aliphatic heterocycles. The lowest BCUT2D eigenvalue weighted by atomic mass is 9.60. The first-order valence-corrected chi connectivity index (χ1v) is 27.6. The first-order chi connectivity index (χ1) is 27.0. The molecular weight excluding hydrogens is 757 g/mol. The summed E-state index contributed by atoms with van der Waals surface area (Å²) < 4.78 is 15.1. The molecule has 0 radical (unpaired) electrons. The molecule has 3 saturated carbocycles. The van der Waals surface area contributed by atoms with Gasteiger partial charge in [-0.3, -0.25) is 4.79 Å². The van der Waals surface area contributed by atoms with Crippen LogP contribution in [0.2, 0.25) is 33.2 Å². The van der Waals surface area contributed by atoms with E-state index in [-0.39, 0.29) is 36.0 Å². The summed E-state index contributed by atoms with van der Waals surface area (Å²) in [5.74, 6) is -0.162. The second kappa shape index (κ2) is 21.4. The summed E-state index contributed by atoms with van der Waals surface area (Å²) in [6.07, 6.45) is 14.7. The van der Waals surface area contributed by atoms with Crippen LogP contribution in [-0.2, 0) is 13.6 Å². The predicted octanol–water partition coefficient (Wildman–Crippen LogP) is 12.5. The number of piperidine rings is 1. The molecule has 10 heteroatoms. The predicted molar refractivity (Wildman–Crippen MR) is 247 cm³/mol. The van der Waals surface area contributed by atoms with Crippen molar-refractivity contribution in [2.24, 2.45) is 28.9 Å². The highest BCUT2D eigenvalue weighted by Gasteiger charge is 2.53. The Morgan fingerprint density at radius 1 is 0.828 bits per heavy atom. The third-order valence-electron chi connectivity index (χ3n) is 15.7. The Kier molecular flexibility index (Phi) is 18.7. The highest BCUT2D eigenvalue weighted by atomic mass is 28.4. The van der Waals surface area contributed by atoms with Crippen molar-refractivity contribution in [3.05, 3.63) is 35.5 Å². The highest BCUT2D eigenvalue weighted by Crippen LogP contribution is 2.60. The molecule has 58 heavy (non-hydrogen) atoms. The largest absolute Gasteiger partial charge is 0.481 e. The van der Waals surface area contributed by atoms with Gasteiger partial charge in [-0.15, -0.1) is 0 Å². The van der Waals surface area contributed by atoms with Crippen molar-refractivity contribution in [2.75, 3.05) is 13.1 Å². The average Bonchev–Trinajstić information content (AvgIpc) is 3.49. The number of aliphatic hydroxyl groups excluding tert-OH is 1. The molecule has 0 spiro atoms. The van der Waals surface area contributed by atoms with E-state index in [1.807, 2.05) is 0 Å². The molecule has 0 aromatic rings. The monoisotopic (exact) mass is 845 g/mol. The van der Waals surface area contributed by atoms with Gasteiger partial charge in [-0.05, 0) is 125 Å². The van der Waals surface area contributed by atoms with Crippen LogP contribution < -0.4 is 5.73 Å². The number of nitrogens with zero attached hydrogens (tertiary/aromatic N) is 1. The fourth-order valence-corrected chi connectivity index (χ4v) is 24.0. The number of nitrogens with two attached hydrogens (primary N) is 1. The van der Waals surface area contributed by atoms with Crippen molar-refractivity contribution in [3.63, 3.8) is 0 Å². The van der Waals surface area contributed by atoms with Crippen LogP contribution in [0.4, 0.5) is 4.79 Å². The van der Waals surface area contributed by atoms with Crippen LogP contribution >= 0.6 is 0 Å². The summed E-state index contributed by atoms with van der Waals surface area (Å²) in [4.78, 5) is 23.6. The van der Waals surface area contributed by atoms with Gasteiger partial charge in [0, 0.05) is 19.5 Å². The smallest absolute Gasteiger partial charge is 0.314 e. The van der Waals surface area contributed by atoms with Gasteiger partial charge in [0.05, 0.1) is 24.7 Å². The molecule has 8 nitrogen and oxygen atoms in total. The van der Waals surface area contributed by atoms with E-state index in [9.17, 15) is 19.8 Å². The van der Waals surface area contributed by atoms with Gasteiger partial charge in [-0.25, -0.2) is 4.79 Å². The van der Waals surface area contributed by atoms with Crippen LogP contribution in [0.5, 0.6) is 0 Å². The van der Waals surface area contributed by atoms with Crippen molar-refractivity contribution in [3.8, 4) is 0 Å². The molecule has 334 valence electrons. The minimum absolute atomic E-state index is 0.0302. The zero-order chi connectivity index (χ0) is 43.9. The highest BCUT2D eigenvalue weighted by molar-refractivity contribution is 6.78. The third kappa shape index (κ3) is 11.2. The number of primary amides is 1. The normalized spacial score (nSPS) is 28.5. The van der Waals surface area contributed by atoms with Gasteiger partial charge in [0.25, 0.3) is 0 Å². The number of carboxylic acids is 1. The Morgan fingerprint density at radius 2 is 1.34 bits per heavy atom. The molecule has 4 rings (SSSR count). The van der Waals surface area contributed by atoms with Crippen LogP contribution in [0.1, 0.15) is 168 Å². The summed E-state index contributed by atoms with van der Waals surface area (Å²) in [6.45, 7) is 39.5. The van der Waals surface area contributed by atoms with Gasteiger partial charge in [0.1, 0.15) is 0 Å². The van der Waals surface area contributed by atoms with Crippen LogP contribution in [0.3, 0.4) is 0 Å². The number of fused-ring (bicyclic) bond motifs is 1. The van der Waals surface area contributed by atoms with Gasteiger partial charge < -0.3 is 29.7 Å². The molecule has 0 bridgehead atoms. The Hall–Kier alpha value is -1.73. The van der Waals surface area contributed by atoms with Gasteiger partial charge in [-0.1, -0.05) is 121 Å². The number of hydrogen-bond donors (Lipinski definition) is 3. The van der Waals surface area contributed by atoms with Gasteiger partial charge in [-0.2, -0.15) is 0 Å². The Morgan fingerprint density at radius 3 is 1.81 bits per heavy atom. The maximum atomic E-state index is 11.4. The summed E-state index contributed by atoms with van der Waals surface area (Å²) in [7, 11) is -4.28. The number of urea groups is 1. The topological polar surface area (TPSA) is 122 Å². The fraction of sp³-hybridized carbons (Fsp3) is 0.833. The summed E-state index contributed by atoms with van der Waals surface area (Å²) in [5, 5.41) is 20.2. The zero-order valence-corrected chi connectivity index (χ0v) is 41.5. The van der Waals surface area contributed by atoms with Gasteiger partial charge in [0.15, 0.2) is 0 Å². The summed E-state index contributed by atoms with van der Waals surface area (Å²) in [6, 6.07) is -0.269. The van der Waals surface area contributed by atoms with E-state index >= 15 is 0 Å². The van der Waals surface area contributed by atoms with E-state index in [1.165, 1.54) is 17.6 Å². The lowest BCUT2D eigenvalue weighted by Gasteiger charge is -2.49. The molecule has 3 aliphatic carbocycles. The van der Waals surface area contributed by atoms with E-state index in [1.54, 1.807) is 4.90 Å². The molecule has 1 heterocycles. The van der Waals surface area contributed by atoms with Crippen molar-refractivity contribution in [2.45, 2.75) is 219 Å². The fourth-order valence-electron chi connectivity index (χ4n) is 12.9. The maximum Gasteiger partial charge on any atom is 0.314 e. The first-order valence-electron chi connectivity index (χ1n) is 23.4. The van der Waals surface area contributed by atoms with Crippen LogP contribution in [0.25, 0.3) is 0 Å². The molecule has 2 amide bonds. The molecular formula is C48H88N2O6Si2. The molecule has 7 atom stereocenters. The third-order valence-corrected chi connectivity index (χ3v) is 27.9. The molecule has 4 fully saturated rings. The number of rotatable bonds is 15. The number of aliphatic carboxylic acids is 1. The van der Waals surface area contributed by atoms with Crippen LogP contribution in [0, 0.1) is 23.2 Å². The number of likely N-dealkylation sites (tertiary alicyclic amines) is 1. The quantitative estimate of drug-likeness (QED) is 0.141. The molecule has 0 aromatic heterocycles. The second-order valence-electron chi connectivity index (χ2n) is 20.9. The SMILES string of the molecule is C=C1/C(=C\C=C2CCC[C@]3(C)[C@@H]([C@H](C)C(O)CC(=O)O)CC[C@@H]23)C[C@H](O[Si](C(C)C)(C(C)C)C(C)C)C[C@H]1O[Si](C(C)C)(C(C)C)C(C)C.NC(=O)N1CCCCC1. The maximum absolute atomic E-state index is 11.4. The van der Waals surface area contributed by atoms with Gasteiger partial charge >= 0.3 is 12.0 Å². The standard InChI is InChI=1S/C42H76O5Si2.C6H12N2O/c1-26(2)48(27(3)4,28(5)6)46-36-23-35(32(13)40(24-36)47-49(29(7)8,30(9)10)31(11)12)19-18-34-17-16-22-42(15)37(20-21-38(34)42)33(14)39(43)25-41(44)45;7-6(9)8-4-2-1-3-5-8/h18-19,26-31,33,36-40,43H,13,16-17,20-25H2,1-12,14-15H3,(H,44,45);1-5H2,(H2,7,9)/b34-18?,35-19-;/t33-,36-,37+,38-,39?,40+,42+;/m0./s1. The van der Waals surface area contributed by atoms with E-state index < -0.39 is 28.7 Å². The lowest BCUT2D eigenvalue weighted by Crippen LogP contribution is -2.54. The second-order valence-corrected chi connectivity index (χ2v) is 31.7. The Labute approximate surface area is 357 Å². The zero-order valence-electron chi connectivity index (χ0n) is 39.5. The molecule has 0 aromatic carbocycles. The molecule has 4 aliphatic rings. The molecule has 1 unspecified atom stereocenters. The number of aliphatic hydroxyl groups is 1. The number of amides is 2. The lowest BCUT2D eigenvalue weighted by molar-refractivity contribution is -0.140. The summed E-state index contributed by atoms with van der Waals surface area (Å²) in [5.41, 5.74) is 12.1.